The number of carbonyl (C=O) groups is 3. The molecule has 224 valence electrons. The van der Waals surface area contributed by atoms with Crippen LogP contribution in [-0.2, 0) is 23.1 Å². The standard InChI is InChI=1S/C33H45N5O3.2H2/c1-23(34-5)30(39)35-29(33(2,3)4)32(41)38-19-12-15-25(38)21-37(20-18-24-13-8-7-9-14-24)31(40)27-22-36(6)28-17-11-10-16-26(27)28;;/h7-11,13-14,16-17,22-23,25,29,34H,12,15,18-21H2,1-6H3,(H,35,39);2*1H/t23-,25-,29+;;/m0../s1. The maximum atomic E-state index is 14.1. The number of para-hydroxylation sites is 1. The number of hydrogen-bond acceptors (Lipinski definition) is 4. The van der Waals surface area contributed by atoms with E-state index in [9.17, 15) is 14.4 Å². The van der Waals surface area contributed by atoms with Gasteiger partial charge in [-0.25, -0.2) is 0 Å². The zero-order valence-electron chi connectivity index (χ0n) is 25.3. The van der Waals surface area contributed by atoms with Gasteiger partial charge in [0.1, 0.15) is 6.04 Å². The zero-order valence-corrected chi connectivity index (χ0v) is 25.3. The summed E-state index contributed by atoms with van der Waals surface area (Å²) in [5, 5.41) is 6.88. The molecule has 8 heteroatoms. The number of likely N-dealkylation sites (tertiary alicyclic amines) is 1. The second kappa shape index (κ2) is 12.9. The van der Waals surface area contributed by atoms with E-state index in [1.54, 1.807) is 14.0 Å². The number of nitrogens with one attached hydrogen (secondary N) is 2. The Hall–Kier alpha value is -3.65. The van der Waals surface area contributed by atoms with Crippen molar-refractivity contribution < 1.29 is 17.2 Å². The van der Waals surface area contributed by atoms with Crippen molar-refractivity contribution in [2.45, 2.75) is 65.1 Å². The number of fused-ring (bicyclic) bond motifs is 1. The quantitative estimate of drug-likeness (QED) is 0.381. The lowest BCUT2D eigenvalue weighted by atomic mass is 9.85. The van der Waals surface area contributed by atoms with Crippen LogP contribution in [0.5, 0.6) is 0 Å². The van der Waals surface area contributed by atoms with Gasteiger partial charge in [-0.3, -0.25) is 14.4 Å². The van der Waals surface area contributed by atoms with Crippen LogP contribution in [0.15, 0.2) is 60.8 Å². The predicted molar refractivity (Wildman–Crippen MR) is 168 cm³/mol. The van der Waals surface area contributed by atoms with Crippen molar-refractivity contribution in [2.75, 3.05) is 26.7 Å². The molecule has 0 saturated carbocycles. The number of rotatable bonds is 10. The summed E-state index contributed by atoms with van der Waals surface area (Å²) in [5.41, 5.74) is 2.37. The highest BCUT2D eigenvalue weighted by Crippen LogP contribution is 2.28. The molecule has 1 aliphatic heterocycles. The Kier molecular flexibility index (Phi) is 9.53. The third kappa shape index (κ3) is 6.99. The summed E-state index contributed by atoms with van der Waals surface area (Å²) in [4.78, 5) is 44.8. The van der Waals surface area contributed by atoms with Crippen LogP contribution >= 0.6 is 0 Å². The van der Waals surface area contributed by atoms with Crippen LogP contribution in [-0.4, -0.2) is 76.9 Å². The molecule has 0 spiro atoms. The van der Waals surface area contributed by atoms with E-state index in [4.69, 9.17) is 0 Å². The Morgan fingerprint density at radius 1 is 1.07 bits per heavy atom. The molecular formula is C33H49N5O3. The van der Waals surface area contributed by atoms with Crippen molar-refractivity contribution in [3.05, 3.63) is 71.9 Å². The fourth-order valence-corrected chi connectivity index (χ4v) is 5.65. The smallest absolute Gasteiger partial charge is 0.256 e. The van der Waals surface area contributed by atoms with Gasteiger partial charge in [0.2, 0.25) is 11.8 Å². The van der Waals surface area contributed by atoms with Crippen LogP contribution in [0.4, 0.5) is 0 Å². The molecule has 1 aliphatic rings. The van der Waals surface area contributed by atoms with Gasteiger partial charge in [-0.15, -0.1) is 0 Å². The van der Waals surface area contributed by atoms with Gasteiger partial charge in [-0.1, -0.05) is 69.3 Å². The molecule has 2 N–H and O–H groups in total. The molecule has 41 heavy (non-hydrogen) atoms. The summed E-state index contributed by atoms with van der Waals surface area (Å²) in [6.45, 7) is 9.30. The van der Waals surface area contributed by atoms with E-state index < -0.39 is 17.5 Å². The molecule has 3 atom stereocenters. The molecule has 3 aromatic rings. The maximum absolute atomic E-state index is 14.1. The molecule has 0 bridgehead atoms. The monoisotopic (exact) mass is 563 g/mol. The minimum absolute atomic E-state index is 0. The number of hydrogen-bond donors (Lipinski definition) is 2. The van der Waals surface area contributed by atoms with E-state index >= 15 is 0 Å². The molecule has 4 rings (SSSR count). The van der Waals surface area contributed by atoms with Crippen molar-refractivity contribution in [2.24, 2.45) is 12.5 Å². The van der Waals surface area contributed by atoms with E-state index in [-0.39, 0.29) is 26.6 Å². The van der Waals surface area contributed by atoms with Crippen molar-refractivity contribution in [1.82, 2.24) is 25.0 Å². The second-order valence-electron chi connectivity index (χ2n) is 12.3. The number of nitrogens with zero attached hydrogens (tertiary/aromatic N) is 3. The summed E-state index contributed by atoms with van der Waals surface area (Å²) in [6.07, 6.45) is 4.31. The average molecular weight is 564 g/mol. The van der Waals surface area contributed by atoms with Gasteiger partial charge < -0.3 is 25.0 Å². The normalized spacial score (nSPS) is 16.9. The fourth-order valence-electron chi connectivity index (χ4n) is 5.65. The number of likely N-dealkylation sites (N-methyl/N-ethyl adjacent to an activating group) is 1. The van der Waals surface area contributed by atoms with Crippen molar-refractivity contribution >= 4 is 28.6 Å². The number of carbonyl (C=O) groups excluding carboxylic acids is 3. The van der Waals surface area contributed by atoms with Crippen LogP contribution in [0, 0.1) is 5.41 Å². The van der Waals surface area contributed by atoms with E-state index in [1.807, 2.05) is 90.8 Å². The Labute approximate surface area is 247 Å². The van der Waals surface area contributed by atoms with Crippen molar-refractivity contribution in [3.63, 3.8) is 0 Å². The molecule has 3 amide bonds. The third-order valence-electron chi connectivity index (χ3n) is 8.25. The molecule has 0 radical (unpaired) electrons. The lowest BCUT2D eigenvalue weighted by Crippen LogP contribution is -2.59. The van der Waals surface area contributed by atoms with Crippen LogP contribution < -0.4 is 10.6 Å². The lowest BCUT2D eigenvalue weighted by Gasteiger charge is -2.37. The maximum Gasteiger partial charge on any atom is 0.256 e. The molecule has 0 unspecified atom stereocenters. The first-order chi connectivity index (χ1) is 19.5. The highest BCUT2D eigenvalue weighted by molar-refractivity contribution is 6.07. The van der Waals surface area contributed by atoms with Gasteiger partial charge in [0.05, 0.1) is 11.6 Å². The molecule has 1 fully saturated rings. The molecule has 8 nitrogen and oxygen atoms in total. The SMILES string of the molecule is CN[C@@H](C)C(=O)N[C@H](C(=O)N1CCC[C@H]1CN(CCc1ccccc1)C(=O)c1cn(C)c2ccccc12)C(C)(C)C.[HH].[HH]. The van der Waals surface area contributed by atoms with E-state index in [1.165, 1.54) is 0 Å². The molecule has 1 saturated heterocycles. The molecular weight excluding hydrogens is 514 g/mol. The number of aryl methyl sites for hydroxylation is 1. The molecule has 0 aliphatic carbocycles. The molecule has 1 aromatic heterocycles. The highest BCUT2D eigenvalue weighted by Gasteiger charge is 2.41. The Balaban J connectivity index is 0.00000323. The minimum Gasteiger partial charge on any atom is -0.350 e. The third-order valence-corrected chi connectivity index (χ3v) is 8.25. The summed E-state index contributed by atoms with van der Waals surface area (Å²) < 4.78 is 1.99. The summed E-state index contributed by atoms with van der Waals surface area (Å²) in [5.74, 6) is -0.315. The van der Waals surface area contributed by atoms with Crippen LogP contribution in [0.3, 0.4) is 0 Å². The lowest BCUT2D eigenvalue weighted by molar-refractivity contribution is -0.140. The average Bonchev–Trinajstić information content (AvgIpc) is 3.56. The van der Waals surface area contributed by atoms with Crippen LogP contribution in [0.2, 0.25) is 0 Å². The van der Waals surface area contributed by atoms with Gasteiger partial charge >= 0.3 is 0 Å². The Morgan fingerprint density at radius 3 is 2.44 bits per heavy atom. The van der Waals surface area contributed by atoms with Crippen molar-refractivity contribution in [3.8, 4) is 0 Å². The van der Waals surface area contributed by atoms with Gasteiger partial charge in [0.25, 0.3) is 5.91 Å². The summed E-state index contributed by atoms with van der Waals surface area (Å²) in [6, 6.07) is 16.9. The molecule has 2 heterocycles. The number of aromatic nitrogens is 1. The minimum atomic E-state index is -0.669. The first-order valence-corrected chi connectivity index (χ1v) is 14.7. The molecule has 2 aromatic carbocycles. The van der Waals surface area contributed by atoms with E-state index in [0.29, 0.717) is 25.2 Å². The van der Waals surface area contributed by atoms with E-state index in [0.717, 1.165) is 35.7 Å². The zero-order chi connectivity index (χ0) is 29.7. The first-order valence-electron chi connectivity index (χ1n) is 14.7. The van der Waals surface area contributed by atoms with Gasteiger partial charge in [0.15, 0.2) is 0 Å². The Bertz CT molecular complexity index is 1370. The largest absolute Gasteiger partial charge is 0.350 e. The predicted octanol–water partition coefficient (Wildman–Crippen LogP) is 4.49. The van der Waals surface area contributed by atoms with Gasteiger partial charge in [-0.2, -0.15) is 0 Å². The number of benzene rings is 2. The fraction of sp³-hybridized carbons (Fsp3) is 0.485. The first kappa shape index (κ1) is 30.3. The number of amides is 3. The Morgan fingerprint density at radius 2 is 1.76 bits per heavy atom. The summed E-state index contributed by atoms with van der Waals surface area (Å²) in [7, 11) is 3.69. The second-order valence-corrected chi connectivity index (χ2v) is 12.3. The van der Waals surface area contributed by atoms with Gasteiger partial charge in [-0.05, 0) is 50.3 Å². The van der Waals surface area contributed by atoms with Gasteiger partial charge in [0, 0.05) is 52.7 Å². The van der Waals surface area contributed by atoms with Crippen molar-refractivity contribution in [1.29, 1.82) is 0 Å². The topological polar surface area (TPSA) is 86.7 Å². The van der Waals surface area contributed by atoms with Crippen LogP contribution in [0.25, 0.3) is 10.9 Å². The van der Waals surface area contributed by atoms with Crippen LogP contribution in [0.1, 0.15) is 59.3 Å². The summed E-state index contributed by atoms with van der Waals surface area (Å²) >= 11 is 0. The highest BCUT2D eigenvalue weighted by atomic mass is 16.2. The van der Waals surface area contributed by atoms with E-state index in [2.05, 4.69) is 22.8 Å².